The van der Waals surface area contributed by atoms with Crippen molar-refractivity contribution in [2.75, 3.05) is 13.1 Å². The predicted molar refractivity (Wildman–Crippen MR) is 110 cm³/mol. The van der Waals surface area contributed by atoms with Gasteiger partial charge in [-0.05, 0) is 38.3 Å². The summed E-state index contributed by atoms with van der Waals surface area (Å²) in [4.78, 5) is 48.2. The number of nitrogens with one attached hydrogen (secondary N) is 1. The molecule has 2 aliphatic rings. The van der Waals surface area contributed by atoms with Crippen molar-refractivity contribution >= 4 is 11.8 Å². The highest BCUT2D eigenvalue weighted by atomic mass is 19.1. The maximum Gasteiger partial charge on any atom is 0.263 e. The number of fused-ring (bicyclic) bond motifs is 1. The molecule has 2 aliphatic heterocycles. The summed E-state index contributed by atoms with van der Waals surface area (Å²) in [7, 11) is 0. The molecular weight excluding hydrogens is 403 g/mol. The van der Waals surface area contributed by atoms with E-state index in [-0.39, 0.29) is 29.7 Å². The van der Waals surface area contributed by atoms with Crippen LogP contribution < -0.4 is 10.3 Å². The van der Waals surface area contributed by atoms with Gasteiger partial charge in [0.25, 0.3) is 11.5 Å². The number of nitrogens with zero attached hydrogens (tertiary/aromatic N) is 3. The van der Waals surface area contributed by atoms with Crippen molar-refractivity contribution in [1.29, 1.82) is 0 Å². The van der Waals surface area contributed by atoms with Crippen molar-refractivity contribution in [1.82, 2.24) is 19.8 Å². The topological polar surface area (TPSA) is 95.6 Å². The molecule has 2 atom stereocenters. The molecule has 1 saturated heterocycles. The molecule has 9 heteroatoms. The number of carbonyl (C=O) groups is 2. The van der Waals surface area contributed by atoms with E-state index in [1.807, 2.05) is 0 Å². The Morgan fingerprint density at radius 2 is 2.06 bits per heavy atom. The molecule has 0 saturated carbocycles. The van der Waals surface area contributed by atoms with Gasteiger partial charge >= 0.3 is 0 Å². The first-order chi connectivity index (χ1) is 14.8. The first-order valence-corrected chi connectivity index (χ1v) is 10.4. The molecule has 3 heterocycles. The minimum atomic E-state index is -0.893. The van der Waals surface area contributed by atoms with E-state index in [0.29, 0.717) is 43.0 Å². The van der Waals surface area contributed by atoms with E-state index in [1.165, 1.54) is 19.1 Å². The van der Waals surface area contributed by atoms with Gasteiger partial charge in [0.05, 0.1) is 18.3 Å². The maximum absolute atomic E-state index is 13.9. The number of carbonyl (C=O) groups excluding carboxylic acids is 2. The van der Waals surface area contributed by atoms with Gasteiger partial charge in [-0.2, -0.15) is 0 Å². The molecule has 2 unspecified atom stereocenters. The number of aromatic nitrogens is 2. The van der Waals surface area contributed by atoms with Crippen LogP contribution in [0.2, 0.25) is 0 Å². The highest BCUT2D eigenvalue weighted by Crippen LogP contribution is 2.31. The molecule has 1 N–H and O–H groups in total. The number of halogens is 1. The van der Waals surface area contributed by atoms with E-state index in [2.05, 4.69) is 9.97 Å². The fraction of sp³-hybridized carbons (Fsp3) is 0.455. The Kier molecular flexibility index (Phi) is 5.75. The van der Waals surface area contributed by atoms with Crippen molar-refractivity contribution in [3.05, 3.63) is 57.5 Å². The molecule has 1 aromatic carbocycles. The second-order valence-electron chi connectivity index (χ2n) is 7.95. The Labute approximate surface area is 179 Å². The number of hydrogen-bond donors (Lipinski definition) is 1. The summed E-state index contributed by atoms with van der Waals surface area (Å²) >= 11 is 0. The summed E-state index contributed by atoms with van der Waals surface area (Å²) in [6.45, 7) is 4.35. The minimum absolute atomic E-state index is 0.0173. The van der Waals surface area contributed by atoms with Crippen LogP contribution in [0.5, 0.6) is 5.75 Å². The molecule has 1 fully saturated rings. The molecule has 0 spiro atoms. The van der Waals surface area contributed by atoms with Crippen LogP contribution in [0.4, 0.5) is 4.39 Å². The van der Waals surface area contributed by atoms with Crippen molar-refractivity contribution < 1.29 is 18.7 Å². The van der Waals surface area contributed by atoms with Crippen LogP contribution in [0.1, 0.15) is 49.8 Å². The van der Waals surface area contributed by atoms with Crippen LogP contribution in [-0.4, -0.2) is 50.8 Å². The summed E-state index contributed by atoms with van der Waals surface area (Å²) in [6.07, 6.45) is 0.966. The van der Waals surface area contributed by atoms with Crippen molar-refractivity contribution in [3.63, 3.8) is 0 Å². The standard InChI is InChI=1S/C22H25FN4O4/c1-13(31-19-8-4-3-6-16(19)23)22(30)27-10-5-7-18(27)20-24-17-12-26(14(2)28)11-9-15(17)21(29)25-20/h3-4,6,8,13,18H,5,7,9-12H2,1-2H3,(H,24,25,29). The van der Waals surface area contributed by atoms with Crippen LogP contribution in [-0.2, 0) is 22.6 Å². The number of para-hydroxylation sites is 1. The first kappa shape index (κ1) is 21.0. The highest BCUT2D eigenvalue weighted by molar-refractivity contribution is 5.81. The predicted octanol–water partition coefficient (Wildman–Crippen LogP) is 1.94. The molecule has 0 radical (unpaired) electrons. The Bertz CT molecular complexity index is 1070. The average Bonchev–Trinajstić information content (AvgIpc) is 3.24. The van der Waals surface area contributed by atoms with Gasteiger partial charge in [0, 0.05) is 25.6 Å². The van der Waals surface area contributed by atoms with Gasteiger partial charge in [-0.3, -0.25) is 14.4 Å². The lowest BCUT2D eigenvalue weighted by Gasteiger charge is -2.29. The fourth-order valence-electron chi connectivity index (χ4n) is 4.21. The zero-order valence-corrected chi connectivity index (χ0v) is 17.6. The normalized spacial score (nSPS) is 19.1. The quantitative estimate of drug-likeness (QED) is 0.803. The lowest BCUT2D eigenvalue weighted by Crippen LogP contribution is -2.42. The van der Waals surface area contributed by atoms with Crippen LogP contribution >= 0.6 is 0 Å². The number of benzene rings is 1. The second-order valence-corrected chi connectivity index (χ2v) is 7.95. The van der Waals surface area contributed by atoms with Gasteiger partial charge in [0.15, 0.2) is 17.7 Å². The van der Waals surface area contributed by atoms with Gasteiger partial charge in [0.1, 0.15) is 5.82 Å². The third-order valence-corrected chi connectivity index (χ3v) is 5.88. The molecule has 31 heavy (non-hydrogen) atoms. The maximum atomic E-state index is 13.9. The Balaban J connectivity index is 1.56. The van der Waals surface area contributed by atoms with E-state index in [4.69, 9.17) is 4.74 Å². The number of rotatable bonds is 4. The van der Waals surface area contributed by atoms with Crippen molar-refractivity contribution in [3.8, 4) is 5.75 Å². The molecular formula is C22H25FN4O4. The lowest BCUT2D eigenvalue weighted by atomic mass is 10.1. The van der Waals surface area contributed by atoms with Gasteiger partial charge in [-0.15, -0.1) is 0 Å². The highest BCUT2D eigenvalue weighted by Gasteiger charge is 2.36. The van der Waals surface area contributed by atoms with Gasteiger partial charge in [-0.1, -0.05) is 12.1 Å². The van der Waals surface area contributed by atoms with Crippen molar-refractivity contribution in [2.24, 2.45) is 0 Å². The molecule has 1 aromatic heterocycles. The summed E-state index contributed by atoms with van der Waals surface area (Å²) in [6, 6.07) is 5.54. The average molecular weight is 428 g/mol. The monoisotopic (exact) mass is 428 g/mol. The SMILES string of the molecule is CC(=O)N1CCc2c(nc(C3CCCN3C(=O)C(C)Oc3ccccc3F)[nH]c2=O)C1. The van der Waals surface area contributed by atoms with Crippen LogP contribution in [0.3, 0.4) is 0 Å². The Hall–Kier alpha value is -3.23. The number of H-pyrrole nitrogens is 1. The molecule has 2 aromatic rings. The van der Waals surface area contributed by atoms with Gasteiger partial charge in [-0.25, -0.2) is 9.37 Å². The summed E-state index contributed by atoms with van der Waals surface area (Å²) in [5, 5.41) is 0. The lowest BCUT2D eigenvalue weighted by molar-refractivity contribution is -0.139. The zero-order valence-electron chi connectivity index (χ0n) is 17.6. The van der Waals surface area contributed by atoms with Crippen LogP contribution in [0.25, 0.3) is 0 Å². The molecule has 2 amide bonds. The Morgan fingerprint density at radius 3 is 2.81 bits per heavy atom. The minimum Gasteiger partial charge on any atom is -0.478 e. The summed E-state index contributed by atoms with van der Waals surface area (Å²) < 4.78 is 19.5. The number of likely N-dealkylation sites (tertiary alicyclic amines) is 1. The third kappa shape index (κ3) is 4.17. The van der Waals surface area contributed by atoms with E-state index in [9.17, 15) is 18.8 Å². The third-order valence-electron chi connectivity index (χ3n) is 5.88. The first-order valence-electron chi connectivity index (χ1n) is 10.4. The molecule has 0 aliphatic carbocycles. The molecule has 0 bridgehead atoms. The van der Waals surface area contributed by atoms with E-state index in [1.54, 1.807) is 28.9 Å². The van der Waals surface area contributed by atoms with E-state index >= 15 is 0 Å². The summed E-state index contributed by atoms with van der Waals surface area (Å²) in [5.74, 6) is -0.458. The van der Waals surface area contributed by atoms with Gasteiger partial charge in [0.2, 0.25) is 5.91 Å². The van der Waals surface area contributed by atoms with E-state index < -0.39 is 18.0 Å². The number of hydrogen-bond acceptors (Lipinski definition) is 5. The number of amides is 2. The van der Waals surface area contributed by atoms with Gasteiger partial charge < -0.3 is 19.5 Å². The largest absolute Gasteiger partial charge is 0.478 e. The molecule has 4 rings (SSSR count). The zero-order chi connectivity index (χ0) is 22.1. The van der Waals surface area contributed by atoms with Crippen LogP contribution in [0.15, 0.2) is 29.1 Å². The second kappa shape index (κ2) is 8.49. The summed E-state index contributed by atoms with van der Waals surface area (Å²) in [5.41, 5.74) is 0.946. The molecule has 164 valence electrons. The van der Waals surface area contributed by atoms with Crippen molar-refractivity contribution in [2.45, 2.75) is 51.8 Å². The fourth-order valence-corrected chi connectivity index (χ4v) is 4.21. The Morgan fingerprint density at radius 1 is 1.29 bits per heavy atom. The van der Waals surface area contributed by atoms with Crippen LogP contribution in [0, 0.1) is 5.82 Å². The van der Waals surface area contributed by atoms with E-state index in [0.717, 1.165) is 6.42 Å². The molecule has 8 nitrogen and oxygen atoms in total. The smallest absolute Gasteiger partial charge is 0.263 e. The number of aromatic amines is 1. The number of ether oxygens (including phenoxy) is 1.